The molecule has 0 bridgehead atoms. The molecule has 0 aliphatic heterocycles. The molecule has 124 valence electrons. The highest BCUT2D eigenvalue weighted by molar-refractivity contribution is 5.96. The number of nitrogens with one attached hydrogen (secondary N) is 2. The second-order valence-electron chi connectivity index (χ2n) is 5.64. The van der Waals surface area contributed by atoms with E-state index < -0.39 is 17.7 Å². The van der Waals surface area contributed by atoms with E-state index in [1.807, 2.05) is 0 Å². The number of aromatic carboxylic acids is 1. The SMILES string of the molecule is CNC(=O)C1CCC(NC(=O)c2ccc(C(=O)O)cc2F)CC1. The molecule has 23 heavy (non-hydrogen) atoms. The molecular formula is C16H19FN2O4. The molecule has 7 heteroatoms. The van der Waals surface area contributed by atoms with Crippen LogP contribution in [0.2, 0.25) is 0 Å². The normalized spacial score (nSPS) is 20.6. The minimum Gasteiger partial charge on any atom is -0.478 e. The zero-order valence-corrected chi connectivity index (χ0v) is 12.8. The predicted molar refractivity (Wildman–Crippen MR) is 80.6 cm³/mol. The number of carbonyl (C=O) groups is 3. The minimum absolute atomic E-state index is 0.00470. The first kappa shape index (κ1) is 16.9. The molecule has 0 spiro atoms. The Morgan fingerprint density at radius 3 is 2.35 bits per heavy atom. The summed E-state index contributed by atoms with van der Waals surface area (Å²) in [5.74, 6) is -2.71. The number of carbonyl (C=O) groups excluding carboxylic acids is 2. The van der Waals surface area contributed by atoms with E-state index >= 15 is 0 Å². The summed E-state index contributed by atoms with van der Waals surface area (Å²) in [6.07, 6.45) is 2.65. The third-order valence-corrected chi connectivity index (χ3v) is 4.14. The average Bonchev–Trinajstić information content (AvgIpc) is 2.54. The third kappa shape index (κ3) is 4.06. The van der Waals surface area contributed by atoms with Crippen molar-refractivity contribution in [2.75, 3.05) is 7.05 Å². The summed E-state index contributed by atoms with van der Waals surface area (Å²) in [4.78, 5) is 34.4. The third-order valence-electron chi connectivity index (χ3n) is 4.14. The number of hydrogen-bond donors (Lipinski definition) is 3. The molecule has 0 atom stereocenters. The lowest BCUT2D eigenvalue weighted by molar-refractivity contribution is -0.125. The highest BCUT2D eigenvalue weighted by Gasteiger charge is 2.27. The van der Waals surface area contributed by atoms with Gasteiger partial charge >= 0.3 is 5.97 Å². The number of carboxylic acids is 1. The molecular weight excluding hydrogens is 303 g/mol. The molecule has 0 heterocycles. The van der Waals surface area contributed by atoms with Crippen molar-refractivity contribution in [1.29, 1.82) is 0 Å². The van der Waals surface area contributed by atoms with Crippen molar-refractivity contribution >= 4 is 17.8 Å². The number of hydrogen-bond acceptors (Lipinski definition) is 3. The van der Waals surface area contributed by atoms with Crippen LogP contribution in [0.25, 0.3) is 0 Å². The Kier molecular flexibility index (Phi) is 5.31. The topological polar surface area (TPSA) is 95.5 Å². The highest BCUT2D eigenvalue weighted by Crippen LogP contribution is 2.24. The van der Waals surface area contributed by atoms with E-state index in [2.05, 4.69) is 10.6 Å². The molecule has 1 saturated carbocycles. The van der Waals surface area contributed by atoms with Crippen LogP contribution in [-0.4, -0.2) is 36.0 Å². The molecule has 0 radical (unpaired) electrons. The van der Waals surface area contributed by atoms with Gasteiger partial charge in [0.1, 0.15) is 5.82 Å². The fourth-order valence-electron chi connectivity index (χ4n) is 2.80. The van der Waals surface area contributed by atoms with E-state index in [0.29, 0.717) is 25.7 Å². The van der Waals surface area contributed by atoms with Crippen molar-refractivity contribution in [2.24, 2.45) is 5.92 Å². The van der Waals surface area contributed by atoms with Gasteiger partial charge in [-0.15, -0.1) is 0 Å². The van der Waals surface area contributed by atoms with Crippen LogP contribution in [0.15, 0.2) is 18.2 Å². The van der Waals surface area contributed by atoms with Gasteiger partial charge in [-0.2, -0.15) is 0 Å². The van der Waals surface area contributed by atoms with Crippen LogP contribution in [0.1, 0.15) is 46.4 Å². The molecule has 1 fully saturated rings. The van der Waals surface area contributed by atoms with Crippen LogP contribution in [0, 0.1) is 11.7 Å². The Balaban J connectivity index is 1.95. The zero-order chi connectivity index (χ0) is 17.0. The Bertz CT molecular complexity index is 625. The van der Waals surface area contributed by atoms with Gasteiger partial charge in [-0.25, -0.2) is 9.18 Å². The van der Waals surface area contributed by atoms with Crippen LogP contribution in [0.3, 0.4) is 0 Å². The lowest BCUT2D eigenvalue weighted by Gasteiger charge is -2.28. The second kappa shape index (κ2) is 7.21. The molecule has 6 nitrogen and oxygen atoms in total. The number of halogens is 1. The minimum atomic E-state index is -1.25. The van der Waals surface area contributed by atoms with E-state index in [1.54, 1.807) is 7.05 Å². The van der Waals surface area contributed by atoms with Gasteiger partial charge in [0.15, 0.2) is 0 Å². The molecule has 3 N–H and O–H groups in total. The van der Waals surface area contributed by atoms with Crippen molar-refractivity contribution in [3.05, 3.63) is 35.1 Å². The molecule has 2 amide bonds. The smallest absolute Gasteiger partial charge is 0.335 e. The maximum absolute atomic E-state index is 13.9. The number of benzene rings is 1. The fraction of sp³-hybridized carbons (Fsp3) is 0.438. The molecule has 1 aromatic rings. The van der Waals surface area contributed by atoms with Crippen molar-refractivity contribution in [1.82, 2.24) is 10.6 Å². The fourth-order valence-corrected chi connectivity index (χ4v) is 2.80. The first-order valence-corrected chi connectivity index (χ1v) is 7.47. The van der Waals surface area contributed by atoms with Crippen LogP contribution >= 0.6 is 0 Å². The van der Waals surface area contributed by atoms with E-state index in [9.17, 15) is 18.8 Å². The maximum Gasteiger partial charge on any atom is 0.335 e. The van der Waals surface area contributed by atoms with E-state index in [0.717, 1.165) is 6.07 Å². The lowest BCUT2D eigenvalue weighted by atomic mass is 9.85. The summed E-state index contributed by atoms with van der Waals surface area (Å²) >= 11 is 0. The van der Waals surface area contributed by atoms with Gasteiger partial charge in [-0.1, -0.05) is 0 Å². The lowest BCUT2D eigenvalue weighted by Crippen LogP contribution is -2.40. The van der Waals surface area contributed by atoms with E-state index in [-0.39, 0.29) is 29.0 Å². The molecule has 1 aliphatic carbocycles. The van der Waals surface area contributed by atoms with Crippen LogP contribution < -0.4 is 10.6 Å². The van der Waals surface area contributed by atoms with Gasteiger partial charge in [0.25, 0.3) is 5.91 Å². The molecule has 0 aromatic heterocycles. The number of amides is 2. The number of carboxylic acid groups (broad SMARTS) is 1. The molecule has 0 saturated heterocycles. The van der Waals surface area contributed by atoms with Gasteiger partial charge in [0.05, 0.1) is 11.1 Å². The summed E-state index contributed by atoms with van der Waals surface area (Å²) in [6, 6.07) is 3.09. The Morgan fingerprint density at radius 2 is 1.83 bits per heavy atom. The Morgan fingerprint density at radius 1 is 1.17 bits per heavy atom. The average molecular weight is 322 g/mol. The monoisotopic (exact) mass is 322 g/mol. The Labute approximate surface area is 133 Å². The second-order valence-corrected chi connectivity index (χ2v) is 5.64. The van der Waals surface area contributed by atoms with Gasteiger partial charge in [-0.05, 0) is 43.9 Å². The van der Waals surface area contributed by atoms with Crippen LogP contribution in [0.5, 0.6) is 0 Å². The van der Waals surface area contributed by atoms with Gasteiger partial charge < -0.3 is 15.7 Å². The van der Waals surface area contributed by atoms with Crippen LogP contribution in [-0.2, 0) is 4.79 Å². The summed E-state index contributed by atoms with van der Waals surface area (Å²) in [5.41, 5.74) is -0.381. The maximum atomic E-state index is 13.9. The molecule has 2 rings (SSSR count). The number of rotatable bonds is 4. The summed E-state index contributed by atoms with van der Waals surface area (Å²) < 4.78 is 13.9. The van der Waals surface area contributed by atoms with Gasteiger partial charge in [0, 0.05) is 19.0 Å². The van der Waals surface area contributed by atoms with Crippen molar-refractivity contribution in [3.8, 4) is 0 Å². The Hall–Kier alpha value is -2.44. The van der Waals surface area contributed by atoms with E-state index in [1.165, 1.54) is 12.1 Å². The summed E-state index contributed by atoms with van der Waals surface area (Å²) in [6.45, 7) is 0. The first-order valence-electron chi connectivity index (χ1n) is 7.47. The quantitative estimate of drug-likeness (QED) is 0.784. The predicted octanol–water partition coefficient (Wildman–Crippen LogP) is 1.56. The summed E-state index contributed by atoms with van der Waals surface area (Å²) in [7, 11) is 1.60. The summed E-state index contributed by atoms with van der Waals surface area (Å²) in [5, 5.41) is 14.1. The standard InChI is InChI=1S/C16H19FN2O4/c1-18-14(20)9-2-5-11(6-3-9)19-15(21)12-7-4-10(16(22)23)8-13(12)17/h4,7-9,11H,2-3,5-6H2,1H3,(H,18,20)(H,19,21)(H,22,23). The van der Waals surface area contributed by atoms with Crippen molar-refractivity contribution in [3.63, 3.8) is 0 Å². The van der Waals surface area contributed by atoms with Crippen molar-refractivity contribution < 1.29 is 23.9 Å². The largest absolute Gasteiger partial charge is 0.478 e. The van der Waals surface area contributed by atoms with Gasteiger partial charge in [-0.3, -0.25) is 9.59 Å². The van der Waals surface area contributed by atoms with Crippen LogP contribution in [0.4, 0.5) is 4.39 Å². The van der Waals surface area contributed by atoms with Crippen molar-refractivity contribution in [2.45, 2.75) is 31.7 Å². The molecule has 0 unspecified atom stereocenters. The first-order chi connectivity index (χ1) is 10.9. The highest BCUT2D eigenvalue weighted by atomic mass is 19.1. The van der Waals surface area contributed by atoms with Gasteiger partial charge in [0.2, 0.25) is 5.91 Å². The molecule has 1 aromatic carbocycles. The van der Waals surface area contributed by atoms with E-state index in [4.69, 9.17) is 5.11 Å². The zero-order valence-electron chi connectivity index (χ0n) is 12.8. The molecule has 1 aliphatic rings.